The summed E-state index contributed by atoms with van der Waals surface area (Å²) in [5, 5.41) is 3.21. The van der Waals surface area contributed by atoms with Crippen LogP contribution >= 0.6 is 11.3 Å². The third kappa shape index (κ3) is 3.78. The van der Waals surface area contributed by atoms with Crippen LogP contribution in [0, 0.1) is 0 Å². The molecule has 0 unspecified atom stereocenters. The van der Waals surface area contributed by atoms with E-state index >= 15 is 0 Å². The smallest absolute Gasteiger partial charge is 0.131 e. The molecule has 0 aliphatic heterocycles. The van der Waals surface area contributed by atoms with E-state index in [1.54, 1.807) is 11.3 Å². The second-order valence-corrected chi connectivity index (χ2v) is 5.40. The highest BCUT2D eigenvalue weighted by atomic mass is 32.1. The van der Waals surface area contributed by atoms with E-state index in [0.29, 0.717) is 6.61 Å². The summed E-state index contributed by atoms with van der Waals surface area (Å²) < 4.78 is 5.72. The van der Waals surface area contributed by atoms with Crippen molar-refractivity contribution in [2.45, 2.75) is 39.3 Å². The van der Waals surface area contributed by atoms with Gasteiger partial charge in [-0.2, -0.15) is 0 Å². The van der Waals surface area contributed by atoms with Crippen molar-refractivity contribution in [2.24, 2.45) is 5.73 Å². The largest absolute Gasteiger partial charge is 0.487 e. The molecule has 1 heterocycles. The standard InChI is InChI=1S/C15H20N2OS/c1-3-14(16)11-5-7-13(8-6-11)18-9-12-10-19-15(4-2)17-12/h5-8,10,14H,3-4,9,16H2,1-2H3/t14-/m1/s1. The molecule has 0 bridgehead atoms. The van der Waals surface area contributed by atoms with Crippen molar-refractivity contribution in [2.75, 3.05) is 0 Å². The molecule has 4 heteroatoms. The van der Waals surface area contributed by atoms with E-state index < -0.39 is 0 Å². The van der Waals surface area contributed by atoms with Gasteiger partial charge in [0, 0.05) is 11.4 Å². The minimum absolute atomic E-state index is 0.111. The second kappa shape index (κ2) is 6.68. The molecule has 2 N–H and O–H groups in total. The first-order valence-electron chi connectivity index (χ1n) is 6.64. The minimum Gasteiger partial charge on any atom is -0.487 e. The Morgan fingerprint density at radius 2 is 2.00 bits per heavy atom. The number of ether oxygens (including phenoxy) is 1. The second-order valence-electron chi connectivity index (χ2n) is 4.46. The van der Waals surface area contributed by atoms with Gasteiger partial charge in [0.1, 0.15) is 12.4 Å². The molecule has 2 rings (SSSR count). The predicted octanol–water partition coefficient (Wildman–Crippen LogP) is 3.69. The number of nitrogens with zero attached hydrogens (tertiary/aromatic N) is 1. The highest BCUT2D eigenvalue weighted by Crippen LogP contribution is 2.19. The maximum atomic E-state index is 5.98. The van der Waals surface area contributed by atoms with E-state index in [1.807, 2.05) is 24.3 Å². The average Bonchev–Trinajstić information content (AvgIpc) is 2.93. The van der Waals surface area contributed by atoms with Crippen molar-refractivity contribution in [1.82, 2.24) is 4.98 Å². The molecule has 0 fully saturated rings. The highest BCUT2D eigenvalue weighted by Gasteiger charge is 2.04. The zero-order valence-corrected chi connectivity index (χ0v) is 12.2. The summed E-state index contributed by atoms with van der Waals surface area (Å²) in [5.74, 6) is 0.859. The van der Waals surface area contributed by atoms with Crippen molar-refractivity contribution in [3.63, 3.8) is 0 Å². The van der Waals surface area contributed by atoms with Crippen LogP contribution in [0.4, 0.5) is 0 Å². The summed E-state index contributed by atoms with van der Waals surface area (Å²) >= 11 is 1.69. The van der Waals surface area contributed by atoms with Crippen LogP contribution in [0.1, 0.15) is 42.6 Å². The number of aromatic nitrogens is 1. The maximum absolute atomic E-state index is 5.98. The summed E-state index contributed by atoms with van der Waals surface area (Å²) in [6.07, 6.45) is 1.92. The molecule has 0 saturated heterocycles. The van der Waals surface area contributed by atoms with Gasteiger partial charge in [0.25, 0.3) is 0 Å². The quantitative estimate of drug-likeness (QED) is 0.875. The fourth-order valence-corrected chi connectivity index (χ4v) is 2.51. The number of nitrogens with two attached hydrogens (primary N) is 1. The zero-order chi connectivity index (χ0) is 13.7. The first-order chi connectivity index (χ1) is 9.22. The van der Waals surface area contributed by atoms with Crippen LogP contribution < -0.4 is 10.5 Å². The third-order valence-electron chi connectivity index (χ3n) is 3.04. The number of hydrogen-bond donors (Lipinski definition) is 1. The number of rotatable bonds is 6. The van der Waals surface area contributed by atoms with E-state index in [1.165, 1.54) is 0 Å². The lowest BCUT2D eigenvalue weighted by molar-refractivity contribution is 0.302. The molecule has 19 heavy (non-hydrogen) atoms. The van der Waals surface area contributed by atoms with Gasteiger partial charge in [-0.15, -0.1) is 11.3 Å². The first kappa shape index (κ1) is 14.0. The van der Waals surface area contributed by atoms with Crippen LogP contribution in [-0.4, -0.2) is 4.98 Å². The summed E-state index contributed by atoms with van der Waals surface area (Å²) in [5.41, 5.74) is 8.12. The first-order valence-corrected chi connectivity index (χ1v) is 7.52. The summed E-state index contributed by atoms with van der Waals surface area (Å²) in [4.78, 5) is 4.48. The Labute approximate surface area is 118 Å². The fraction of sp³-hybridized carbons (Fsp3) is 0.400. The number of benzene rings is 1. The van der Waals surface area contributed by atoms with Crippen molar-refractivity contribution in [3.05, 3.63) is 45.9 Å². The van der Waals surface area contributed by atoms with Gasteiger partial charge < -0.3 is 10.5 Å². The molecular formula is C15H20N2OS. The molecule has 3 nitrogen and oxygen atoms in total. The van der Waals surface area contributed by atoms with E-state index in [-0.39, 0.29) is 6.04 Å². The van der Waals surface area contributed by atoms with Gasteiger partial charge in [0.15, 0.2) is 0 Å². The molecule has 2 aromatic rings. The fourth-order valence-electron chi connectivity index (χ4n) is 1.78. The van der Waals surface area contributed by atoms with E-state index in [4.69, 9.17) is 10.5 Å². The van der Waals surface area contributed by atoms with Gasteiger partial charge in [-0.1, -0.05) is 26.0 Å². The SMILES string of the molecule is CCc1nc(COc2ccc([C@H](N)CC)cc2)cs1. The van der Waals surface area contributed by atoms with Gasteiger partial charge in [-0.05, 0) is 30.5 Å². The van der Waals surface area contributed by atoms with Gasteiger partial charge in [0.05, 0.1) is 10.7 Å². The molecule has 1 atom stereocenters. The lowest BCUT2D eigenvalue weighted by Gasteiger charge is -2.10. The molecule has 0 aliphatic rings. The van der Waals surface area contributed by atoms with E-state index in [2.05, 4.69) is 24.2 Å². The Morgan fingerprint density at radius 3 is 2.58 bits per heavy atom. The summed E-state index contributed by atoms with van der Waals surface area (Å²) in [6.45, 7) is 4.72. The Kier molecular flexibility index (Phi) is 4.93. The van der Waals surface area contributed by atoms with Crippen molar-refractivity contribution >= 4 is 11.3 Å². The predicted molar refractivity (Wildman–Crippen MR) is 79.5 cm³/mol. The Morgan fingerprint density at radius 1 is 1.26 bits per heavy atom. The molecule has 0 aliphatic carbocycles. The monoisotopic (exact) mass is 276 g/mol. The van der Waals surface area contributed by atoms with E-state index in [0.717, 1.165) is 34.9 Å². The van der Waals surface area contributed by atoms with E-state index in [9.17, 15) is 0 Å². The summed E-state index contributed by atoms with van der Waals surface area (Å²) in [6, 6.07) is 8.11. The molecular weight excluding hydrogens is 256 g/mol. The molecule has 0 amide bonds. The Bertz CT molecular complexity index is 507. The molecule has 102 valence electrons. The van der Waals surface area contributed by atoms with Crippen LogP contribution in [0.15, 0.2) is 29.6 Å². The van der Waals surface area contributed by atoms with Crippen molar-refractivity contribution in [3.8, 4) is 5.75 Å². The Hall–Kier alpha value is -1.39. The normalized spacial score (nSPS) is 12.4. The molecule has 0 saturated carbocycles. The topological polar surface area (TPSA) is 48.1 Å². The number of aryl methyl sites for hydroxylation is 1. The van der Waals surface area contributed by atoms with Crippen LogP contribution in [0.5, 0.6) is 5.75 Å². The molecule has 1 aromatic carbocycles. The maximum Gasteiger partial charge on any atom is 0.131 e. The summed E-state index contributed by atoms with van der Waals surface area (Å²) in [7, 11) is 0. The zero-order valence-electron chi connectivity index (χ0n) is 11.4. The molecule has 0 radical (unpaired) electrons. The number of hydrogen-bond acceptors (Lipinski definition) is 4. The lowest BCUT2D eigenvalue weighted by Crippen LogP contribution is -2.08. The van der Waals surface area contributed by atoms with Gasteiger partial charge in [0.2, 0.25) is 0 Å². The van der Waals surface area contributed by atoms with Crippen LogP contribution in [0.2, 0.25) is 0 Å². The van der Waals surface area contributed by atoms with Gasteiger partial charge >= 0.3 is 0 Å². The lowest BCUT2D eigenvalue weighted by atomic mass is 10.1. The minimum atomic E-state index is 0.111. The molecule has 0 spiro atoms. The van der Waals surface area contributed by atoms with Crippen LogP contribution in [0.25, 0.3) is 0 Å². The van der Waals surface area contributed by atoms with Crippen molar-refractivity contribution < 1.29 is 4.74 Å². The van der Waals surface area contributed by atoms with Gasteiger partial charge in [-0.25, -0.2) is 4.98 Å². The van der Waals surface area contributed by atoms with Crippen molar-refractivity contribution in [1.29, 1.82) is 0 Å². The van der Waals surface area contributed by atoms with Crippen LogP contribution in [0.3, 0.4) is 0 Å². The Balaban J connectivity index is 1.92. The highest BCUT2D eigenvalue weighted by molar-refractivity contribution is 7.09. The van der Waals surface area contributed by atoms with Gasteiger partial charge in [-0.3, -0.25) is 0 Å². The van der Waals surface area contributed by atoms with Crippen LogP contribution in [-0.2, 0) is 13.0 Å². The average molecular weight is 276 g/mol. The third-order valence-corrected chi connectivity index (χ3v) is 4.08. The molecule has 1 aromatic heterocycles. The number of thiazole rings is 1.